The van der Waals surface area contributed by atoms with Crippen LogP contribution in [-0.4, -0.2) is 36.5 Å². The molecule has 0 aliphatic heterocycles. The van der Waals surface area contributed by atoms with Gasteiger partial charge in [-0.3, -0.25) is 14.2 Å². The fraction of sp³-hybridized carbons (Fsp3) is 0.125. The number of anilines is 1. The molecule has 3 aromatic rings. The standard InChI is InChI=1S/C16H13BrFN5O3/c1-22-7-10(16(25)26)13(20-22)15(24)19-14-11(17)8-23(21-14)6-9-4-2-3-5-12(9)18/h2-5,7-8H,6H2,1H3,(H,25,26)(H,19,21,24). The Morgan fingerprint density at radius 1 is 1.27 bits per heavy atom. The number of halogens is 2. The van der Waals surface area contributed by atoms with Crippen LogP contribution in [0.15, 0.2) is 41.1 Å². The number of aromatic carboxylic acids is 1. The number of benzene rings is 1. The first-order valence-electron chi connectivity index (χ1n) is 7.40. The zero-order valence-electron chi connectivity index (χ0n) is 13.5. The van der Waals surface area contributed by atoms with E-state index in [2.05, 4.69) is 31.4 Å². The molecule has 10 heteroatoms. The van der Waals surface area contributed by atoms with E-state index >= 15 is 0 Å². The number of aryl methyl sites for hydroxylation is 1. The Labute approximate surface area is 155 Å². The fourth-order valence-corrected chi connectivity index (χ4v) is 2.76. The second-order valence-corrected chi connectivity index (χ2v) is 6.29. The molecule has 134 valence electrons. The van der Waals surface area contributed by atoms with Crippen LogP contribution in [-0.2, 0) is 13.6 Å². The highest BCUT2D eigenvalue weighted by molar-refractivity contribution is 9.10. The molecule has 0 fully saturated rings. The van der Waals surface area contributed by atoms with Crippen LogP contribution in [0.3, 0.4) is 0 Å². The van der Waals surface area contributed by atoms with Crippen LogP contribution in [0.5, 0.6) is 0 Å². The van der Waals surface area contributed by atoms with Crippen LogP contribution in [0.1, 0.15) is 26.4 Å². The van der Waals surface area contributed by atoms with E-state index in [4.69, 9.17) is 5.11 Å². The predicted molar refractivity (Wildman–Crippen MR) is 93.5 cm³/mol. The molecule has 2 heterocycles. The van der Waals surface area contributed by atoms with E-state index in [0.29, 0.717) is 10.0 Å². The Kier molecular flexibility index (Phi) is 4.85. The average Bonchev–Trinajstić information content (AvgIpc) is 3.13. The maximum atomic E-state index is 13.7. The summed E-state index contributed by atoms with van der Waals surface area (Å²) in [6.45, 7) is 0.172. The third-order valence-electron chi connectivity index (χ3n) is 3.51. The van der Waals surface area contributed by atoms with Crippen molar-refractivity contribution in [2.24, 2.45) is 7.05 Å². The molecule has 8 nitrogen and oxygen atoms in total. The molecule has 1 amide bonds. The van der Waals surface area contributed by atoms with Crippen molar-refractivity contribution in [3.05, 3.63) is 63.8 Å². The number of amides is 1. The first-order valence-corrected chi connectivity index (χ1v) is 8.19. The van der Waals surface area contributed by atoms with Gasteiger partial charge in [0.25, 0.3) is 5.91 Å². The molecule has 0 saturated heterocycles. The summed E-state index contributed by atoms with van der Waals surface area (Å²) in [4.78, 5) is 23.5. The summed E-state index contributed by atoms with van der Waals surface area (Å²) in [5, 5.41) is 19.7. The Hall–Kier alpha value is -3.01. The van der Waals surface area contributed by atoms with Gasteiger partial charge in [0.15, 0.2) is 11.5 Å². The number of carboxylic acids is 1. The SMILES string of the molecule is Cn1cc(C(=O)O)c(C(=O)Nc2nn(Cc3ccccc3F)cc2Br)n1. The van der Waals surface area contributed by atoms with Crippen molar-refractivity contribution in [2.75, 3.05) is 5.32 Å². The monoisotopic (exact) mass is 421 g/mol. The molecule has 3 rings (SSSR count). The number of carbonyl (C=O) groups excluding carboxylic acids is 1. The van der Waals surface area contributed by atoms with E-state index in [9.17, 15) is 14.0 Å². The third-order valence-corrected chi connectivity index (χ3v) is 4.09. The number of nitrogens with one attached hydrogen (secondary N) is 1. The minimum absolute atomic E-state index is 0.172. The summed E-state index contributed by atoms with van der Waals surface area (Å²) in [5.41, 5.74) is 0.000677. The van der Waals surface area contributed by atoms with Crippen molar-refractivity contribution in [1.82, 2.24) is 19.6 Å². The van der Waals surface area contributed by atoms with E-state index in [1.54, 1.807) is 24.4 Å². The second-order valence-electron chi connectivity index (χ2n) is 5.44. The third kappa shape index (κ3) is 3.64. The molecular weight excluding hydrogens is 409 g/mol. The second kappa shape index (κ2) is 7.08. The van der Waals surface area contributed by atoms with Gasteiger partial charge in [-0.2, -0.15) is 10.2 Å². The van der Waals surface area contributed by atoms with Crippen molar-refractivity contribution in [1.29, 1.82) is 0 Å². The van der Waals surface area contributed by atoms with Crippen LogP contribution < -0.4 is 5.32 Å². The lowest BCUT2D eigenvalue weighted by atomic mass is 10.2. The largest absolute Gasteiger partial charge is 0.478 e. The van der Waals surface area contributed by atoms with Gasteiger partial charge in [-0.25, -0.2) is 9.18 Å². The molecule has 0 atom stereocenters. The van der Waals surface area contributed by atoms with E-state index in [1.807, 2.05) is 0 Å². The Bertz CT molecular complexity index is 998. The van der Waals surface area contributed by atoms with Crippen molar-refractivity contribution in [2.45, 2.75) is 6.54 Å². The Morgan fingerprint density at radius 3 is 2.69 bits per heavy atom. The Morgan fingerprint density at radius 2 is 2.00 bits per heavy atom. The number of hydrogen-bond acceptors (Lipinski definition) is 4. The van der Waals surface area contributed by atoms with Crippen LogP contribution in [0, 0.1) is 5.82 Å². The van der Waals surface area contributed by atoms with E-state index < -0.39 is 11.9 Å². The van der Waals surface area contributed by atoms with Crippen LogP contribution in [0.2, 0.25) is 0 Å². The van der Waals surface area contributed by atoms with E-state index in [-0.39, 0.29) is 29.4 Å². The predicted octanol–water partition coefficient (Wildman–Crippen LogP) is 2.52. The molecule has 0 saturated carbocycles. The van der Waals surface area contributed by atoms with Crippen LogP contribution >= 0.6 is 15.9 Å². The summed E-state index contributed by atoms with van der Waals surface area (Å²) in [7, 11) is 1.52. The van der Waals surface area contributed by atoms with Gasteiger partial charge >= 0.3 is 5.97 Å². The van der Waals surface area contributed by atoms with Crippen molar-refractivity contribution >= 4 is 33.6 Å². The molecule has 0 radical (unpaired) electrons. The summed E-state index contributed by atoms with van der Waals surface area (Å²) in [5.74, 6) is -2.15. The fourth-order valence-electron chi connectivity index (χ4n) is 2.34. The van der Waals surface area contributed by atoms with Crippen molar-refractivity contribution < 1.29 is 19.1 Å². The van der Waals surface area contributed by atoms with Crippen LogP contribution in [0.4, 0.5) is 10.2 Å². The maximum Gasteiger partial charge on any atom is 0.339 e. The van der Waals surface area contributed by atoms with Gasteiger partial charge in [0.1, 0.15) is 11.4 Å². The quantitative estimate of drug-likeness (QED) is 0.658. The first kappa shape index (κ1) is 17.8. The number of carbonyl (C=O) groups is 2. The summed E-state index contributed by atoms with van der Waals surface area (Å²) >= 11 is 3.27. The molecule has 1 aromatic carbocycles. The van der Waals surface area contributed by atoms with Gasteiger partial charge in [0.05, 0.1) is 11.0 Å². The molecule has 26 heavy (non-hydrogen) atoms. The number of carboxylic acid groups (broad SMARTS) is 1. The lowest BCUT2D eigenvalue weighted by Crippen LogP contribution is -2.17. The minimum Gasteiger partial charge on any atom is -0.478 e. The van der Waals surface area contributed by atoms with Gasteiger partial charge in [-0.1, -0.05) is 18.2 Å². The number of nitrogens with zero attached hydrogens (tertiary/aromatic N) is 4. The topological polar surface area (TPSA) is 102 Å². The molecule has 2 N–H and O–H groups in total. The summed E-state index contributed by atoms with van der Waals surface area (Å²) in [6.07, 6.45) is 2.82. The summed E-state index contributed by atoms with van der Waals surface area (Å²) < 4.78 is 16.9. The lowest BCUT2D eigenvalue weighted by Gasteiger charge is -2.03. The lowest BCUT2D eigenvalue weighted by molar-refractivity contribution is 0.0692. The number of rotatable bonds is 5. The van der Waals surface area contributed by atoms with Crippen molar-refractivity contribution in [3.8, 4) is 0 Å². The highest BCUT2D eigenvalue weighted by atomic mass is 79.9. The van der Waals surface area contributed by atoms with Crippen molar-refractivity contribution in [3.63, 3.8) is 0 Å². The highest BCUT2D eigenvalue weighted by Crippen LogP contribution is 2.22. The normalized spacial score (nSPS) is 10.7. The summed E-state index contributed by atoms with van der Waals surface area (Å²) in [6, 6.07) is 6.30. The van der Waals surface area contributed by atoms with Gasteiger partial charge < -0.3 is 10.4 Å². The van der Waals surface area contributed by atoms with Gasteiger partial charge in [-0.15, -0.1) is 0 Å². The molecule has 0 bridgehead atoms. The van der Waals surface area contributed by atoms with Gasteiger partial charge in [0, 0.05) is 25.0 Å². The molecular formula is C16H13BrFN5O3. The number of aromatic nitrogens is 4. The average molecular weight is 422 g/mol. The van der Waals surface area contributed by atoms with E-state index in [0.717, 1.165) is 0 Å². The molecule has 2 aromatic heterocycles. The zero-order valence-corrected chi connectivity index (χ0v) is 15.1. The van der Waals surface area contributed by atoms with Gasteiger partial charge in [-0.05, 0) is 22.0 Å². The maximum absolute atomic E-state index is 13.7. The smallest absolute Gasteiger partial charge is 0.339 e. The van der Waals surface area contributed by atoms with Gasteiger partial charge in [0.2, 0.25) is 0 Å². The van der Waals surface area contributed by atoms with Crippen LogP contribution in [0.25, 0.3) is 0 Å². The molecule has 0 unspecified atom stereocenters. The molecule has 0 aliphatic carbocycles. The van der Waals surface area contributed by atoms with E-state index in [1.165, 1.54) is 28.7 Å². The Balaban J connectivity index is 1.81. The molecule has 0 spiro atoms. The first-order chi connectivity index (χ1) is 12.3. The minimum atomic E-state index is -1.26. The molecule has 0 aliphatic rings. The number of hydrogen-bond donors (Lipinski definition) is 2. The zero-order chi connectivity index (χ0) is 18.8. The highest BCUT2D eigenvalue weighted by Gasteiger charge is 2.22.